The number of aryl methyl sites for hydroxylation is 2. The van der Waals surface area contributed by atoms with Crippen molar-refractivity contribution >= 4 is 15.9 Å². The van der Waals surface area contributed by atoms with Crippen LogP contribution in [0, 0.1) is 6.92 Å². The summed E-state index contributed by atoms with van der Waals surface area (Å²) < 4.78 is 8.28. The lowest BCUT2D eigenvalue weighted by molar-refractivity contribution is 0.424. The van der Waals surface area contributed by atoms with Crippen LogP contribution in [0.1, 0.15) is 30.0 Å². The molecule has 0 aromatic carbocycles. The first kappa shape index (κ1) is 12.4. The van der Waals surface area contributed by atoms with E-state index in [9.17, 15) is 0 Å². The second kappa shape index (κ2) is 5.06. The molecule has 0 spiro atoms. The molecule has 0 bridgehead atoms. The summed E-state index contributed by atoms with van der Waals surface area (Å²) in [5.74, 6) is 0.894. The van der Waals surface area contributed by atoms with Gasteiger partial charge in [0.25, 0.3) is 0 Å². The second-order valence-electron chi connectivity index (χ2n) is 3.97. The minimum atomic E-state index is 0.0406. The Bertz CT molecular complexity index is 484. The molecule has 0 saturated carbocycles. The molecule has 5 heteroatoms. The van der Waals surface area contributed by atoms with Crippen molar-refractivity contribution in [2.45, 2.75) is 19.9 Å². The van der Waals surface area contributed by atoms with Gasteiger partial charge in [-0.2, -0.15) is 5.10 Å². The molecule has 92 valence electrons. The van der Waals surface area contributed by atoms with E-state index in [1.165, 1.54) is 0 Å². The Morgan fingerprint density at radius 3 is 2.76 bits per heavy atom. The van der Waals surface area contributed by atoms with Crippen LogP contribution in [0.3, 0.4) is 0 Å². The van der Waals surface area contributed by atoms with E-state index in [0.717, 1.165) is 28.2 Å². The summed E-state index contributed by atoms with van der Waals surface area (Å²) in [7, 11) is 1.95. The predicted octanol–water partition coefficient (Wildman–Crippen LogP) is 2.78. The molecule has 17 heavy (non-hydrogen) atoms. The van der Waals surface area contributed by atoms with Crippen molar-refractivity contribution < 1.29 is 4.42 Å². The third-order valence-electron chi connectivity index (χ3n) is 2.74. The Balaban J connectivity index is 2.42. The summed E-state index contributed by atoms with van der Waals surface area (Å²) in [4.78, 5) is 0. The van der Waals surface area contributed by atoms with Crippen LogP contribution in [0.4, 0.5) is 0 Å². The number of nitrogens with zero attached hydrogens (tertiary/aromatic N) is 2. The lowest BCUT2D eigenvalue weighted by Crippen LogP contribution is -2.24. The minimum absolute atomic E-state index is 0.0406. The standard InChI is InChI=1S/C12H16BrN3O/c1-4-14-11(9-5-6-10(13)17-9)12-8(2)7-15-16(12)3/h5-7,11,14H,4H2,1-3H3. The van der Waals surface area contributed by atoms with E-state index < -0.39 is 0 Å². The number of nitrogens with one attached hydrogen (secondary N) is 1. The molecule has 1 unspecified atom stereocenters. The molecule has 2 heterocycles. The number of hydrogen-bond acceptors (Lipinski definition) is 3. The highest BCUT2D eigenvalue weighted by atomic mass is 79.9. The maximum atomic E-state index is 5.65. The molecule has 2 rings (SSSR count). The fraction of sp³-hybridized carbons (Fsp3) is 0.417. The van der Waals surface area contributed by atoms with Crippen molar-refractivity contribution in [1.29, 1.82) is 0 Å². The van der Waals surface area contributed by atoms with Crippen LogP contribution in [-0.2, 0) is 7.05 Å². The molecule has 0 aliphatic rings. The van der Waals surface area contributed by atoms with E-state index in [4.69, 9.17) is 4.42 Å². The summed E-state index contributed by atoms with van der Waals surface area (Å²) in [6.07, 6.45) is 1.87. The van der Waals surface area contributed by atoms with Crippen LogP contribution in [0.5, 0.6) is 0 Å². The zero-order valence-electron chi connectivity index (χ0n) is 10.2. The fourth-order valence-corrected chi connectivity index (χ4v) is 2.31. The smallest absolute Gasteiger partial charge is 0.169 e. The number of furan rings is 1. The van der Waals surface area contributed by atoms with Gasteiger partial charge in [-0.05, 0) is 47.1 Å². The Kier molecular flexibility index (Phi) is 3.69. The van der Waals surface area contributed by atoms with Gasteiger partial charge in [-0.1, -0.05) is 6.92 Å². The van der Waals surface area contributed by atoms with Gasteiger partial charge in [0.15, 0.2) is 4.67 Å². The normalized spacial score (nSPS) is 12.9. The van der Waals surface area contributed by atoms with E-state index in [2.05, 4.69) is 40.2 Å². The highest BCUT2D eigenvalue weighted by molar-refractivity contribution is 9.10. The Morgan fingerprint density at radius 2 is 2.29 bits per heavy atom. The molecule has 0 radical (unpaired) electrons. The third-order valence-corrected chi connectivity index (χ3v) is 3.16. The third kappa shape index (κ3) is 2.45. The van der Waals surface area contributed by atoms with Crippen LogP contribution in [0.25, 0.3) is 0 Å². The van der Waals surface area contributed by atoms with Crippen molar-refractivity contribution in [3.05, 3.63) is 40.0 Å². The number of hydrogen-bond donors (Lipinski definition) is 1. The minimum Gasteiger partial charge on any atom is -0.452 e. The molecule has 0 aliphatic heterocycles. The zero-order chi connectivity index (χ0) is 12.4. The fourth-order valence-electron chi connectivity index (χ4n) is 1.99. The predicted molar refractivity (Wildman–Crippen MR) is 69.9 cm³/mol. The van der Waals surface area contributed by atoms with Gasteiger partial charge in [-0.3, -0.25) is 4.68 Å². The first-order chi connectivity index (χ1) is 8.13. The first-order valence-electron chi connectivity index (χ1n) is 5.60. The van der Waals surface area contributed by atoms with Gasteiger partial charge in [0.2, 0.25) is 0 Å². The number of halogens is 1. The molecule has 0 fully saturated rings. The molecule has 1 N–H and O–H groups in total. The van der Waals surface area contributed by atoms with E-state index >= 15 is 0 Å². The number of aromatic nitrogens is 2. The Labute approximate surface area is 109 Å². The summed E-state index contributed by atoms with van der Waals surface area (Å²) in [5.41, 5.74) is 2.29. The van der Waals surface area contributed by atoms with Gasteiger partial charge in [0.1, 0.15) is 11.8 Å². The van der Waals surface area contributed by atoms with Crippen LogP contribution in [-0.4, -0.2) is 16.3 Å². The van der Waals surface area contributed by atoms with Crippen LogP contribution in [0.2, 0.25) is 0 Å². The van der Waals surface area contributed by atoms with Gasteiger partial charge in [-0.25, -0.2) is 0 Å². The average Bonchev–Trinajstić information content (AvgIpc) is 2.84. The van der Waals surface area contributed by atoms with E-state index in [-0.39, 0.29) is 6.04 Å². The lowest BCUT2D eigenvalue weighted by Gasteiger charge is -2.17. The van der Waals surface area contributed by atoms with Crippen LogP contribution >= 0.6 is 15.9 Å². The van der Waals surface area contributed by atoms with Gasteiger partial charge < -0.3 is 9.73 Å². The SMILES string of the molecule is CCNC(c1ccc(Br)o1)c1c(C)cnn1C. The molecule has 0 saturated heterocycles. The lowest BCUT2D eigenvalue weighted by atomic mass is 10.1. The highest BCUT2D eigenvalue weighted by Gasteiger charge is 2.21. The Hall–Kier alpha value is -1.07. The summed E-state index contributed by atoms with van der Waals surface area (Å²) in [6.45, 7) is 5.01. The second-order valence-corrected chi connectivity index (χ2v) is 4.75. The molecular formula is C12H16BrN3O. The maximum absolute atomic E-state index is 5.65. The van der Waals surface area contributed by atoms with E-state index in [1.807, 2.05) is 30.1 Å². The van der Waals surface area contributed by atoms with Gasteiger partial charge in [0, 0.05) is 7.05 Å². The van der Waals surface area contributed by atoms with Gasteiger partial charge >= 0.3 is 0 Å². The average molecular weight is 298 g/mol. The van der Waals surface area contributed by atoms with Crippen LogP contribution < -0.4 is 5.32 Å². The van der Waals surface area contributed by atoms with E-state index in [1.54, 1.807) is 0 Å². The highest BCUT2D eigenvalue weighted by Crippen LogP contribution is 2.27. The molecule has 4 nitrogen and oxygen atoms in total. The molecule has 2 aromatic rings. The van der Waals surface area contributed by atoms with Crippen molar-refractivity contribution in [1.82, 2.24) is 15.1 Å². The number of rotatable bonds is 4. The van der Waals surface area contributed by atoms with Crippen molar-refractivity contribution in [2.24, 2.45) is 7.05 Å². The largest absolute Gasteiger partial charge is 0.452 e. The molecule has 0 aliphatic carbocycles. The van der Waals surface area contributed by atoms with Crippen molar-refractivity contribution in [2.75, 3.05) is 6.54 Å². The monoisotopic (exact) mass is 297 g/mol. The van der Waals surface area contributed by atoms with Crippen molar-refractivity contribution in [3.8, 4) is 0 Å². The zero-order valence-corrected chi connectivity index (χ0v) is 11.8. The maximum Gasteiger partial charge on any atom is 0.169 e. The van der Waals surface area contributed by atoms with Gasteiger partial charge in [0.05, 0.1) is 11.9 Å². The van der Waals surface area contributed by atoms with Crippen molar-refractivity contribution in [3.63, 3.8) is 0 Å². The summed E-state index contributed by atoms with van der Waals surface area (Å²) in [6, 6.07) is 3.92. The first-order valence-corrected chi connectivity index (χ1v) is 6.40. The summed E-state index contributed by atoms with van der Waals surface area (Å²) >= 11 is 3.34. The summed E-state index contributed by atoms with van der Waals surface area (Å²) in [5, 5.41) is 7.70. The van der Waals surface area contributed by atoms with E-state index in [0.29, 0.717) is 0 Å². The quantitative estimate of drug-likeness (QED) is 0.944. The Morgan fingerprint density at radius 1 is 1.53 bits per heavy atom. The van der Waals surface area contributed by atoms with Gasteiger partial charge in [-0.15, -0.1) is 0 Å². The molecule has 1 atom stereocenters. The molecular weight excluding hydrogens is 282 g/mol. The topological polar surface area (TPSA) is 43.0 Å². The van der Waals surface area contributed by atoms with Crippen LogP contribution in [0.15, 0.2) is 27.4 Å². The molecule has 0 amide bonds. The molecule has 2 aromatic heterocycles.